The van der Waals surface area contributed by atoms with Crippen LogP contribution in [0.25, 0.3) is 10.4 Å². The zero-order valence-corrected chi connectivity index (χ0v) is 8.01. The molecule has 0 saturated heterocycles. The van der Waals surface area contributed by atoms with E-state index in [4.69, 9.17) is 0 Å². The molecular weight excluding hydrogens is 198 g/mol. The van der Waals surface area contributed by atoms with E-state index in [1.165, 1.54) is 17.4 Å². The molecule has 0 atom stereocenters. The lowest BCUT2D eigenvalue weighted by atomic mass is 10.2. The van der Waals surface area contributed by atoms with Gasteiger partial charge in [-0.15, -0.1) is 11.3 Å². The van der Waals surface area contributed by atoms with Gasteiger partial charge in [0.25, 0.3) is 0 Å². The summed E-state index contributed by atoms with van der Waals surface area (Å²) < 4.78 is 0. The smallest absolute Gasteiger partial charge is 0.247 e. The maximum absolute atomic E-state index is 10.8. The number of carbonyl (C=O) groups is 1. The van der Waals surface area contributed by atoms with E-state index in [1.54, 1.807) is 18.3 Å². The summed E-state index contributed by atoms with van der Waals surface area (Å²) in [5, 5.41) is 0. The second-order valence-corrected chi connectivity index (χ2v) is 3.88. The monoisotopic (exact) mass is 205 g/mol. The van der Waals surface area contributed by atoms with Crippen LogP contribution in [0.3, 0.4) is 0 Å². The first-order valence-electron chi connectivity index (χ1n) is 4.04. The van der Waals surface area contributed by atoms with Gasteiger partial charge in [0.1, 0.15) is 0 Å². The Morgan fingerprint density at radius 1 is 1.21 bits per heavy atom. The molecule has 0 radical (unpaired) electrons. The lowest BCUT2D eigenvalue weighted by Crippen LogP contribution is -2.00. The highest BCUT2D eigenvalue weighted by molar-refractivity contribution is 7.17. The fourth-order valence-corrected chi connectivity index (χ4v) is 1.95. The van der Waals surface area contributed by atoms with Crippen molar-refractivity contribution < 1.29 is 4.79 Å². The van der Waals surface area contributed by atoms with Crippen LogP contribution in [-0.2, 0) is 0 Å². The predicted octanol–water partition coefficient (Wildman–Crippen LogP) is 1.92. The van der Waals surface area contributed by atoms with Gasteiger partial charge in [0.05, 0.1) is 4.88 Å². The van der Waals surface area contributed by atoms with Crippen molar-refractivity contribution in [3.05, 3.63) is 45.7 Å². The highest BCUT2D eigenvalue weighted by Gasteiger charge is 2.01. The van der Waals surface area contributed by atoms with Crippen LogP contribution in [0.1, 0.15) is 9.67 Å². The number of rotatable bonds is 2. The number of aromatic nitrogens is 1. The standard InChI is InChI=1S/C10H7NO2S/c12-6-8-2-3-9(14-8)7-1-4-10(13)11-5-7/h1-6H,(H,11,13). The first-order chi connectivity index (χ1) is 6.79. The van der Waals surface area contributed by atoms with Gasteiger partial charge in [-0.3, -0.25) is 9.59 Å². The Labute approximate surface area is 84.0 Å². The average Bonchev–Trinajstić information content (AvgIpc) is 2.67. The van der Waals surface area contributed by atoms with Crippen LogP contribution in [0.5, 0.6) is 0 Å². The van der Waals surface area contributed by atoms with E-state index in [9.17, 15) is 9.59 Å². The van der Waals surface area contributed by atoms with Gasteiger partial charge < -0.3 is 4.98 Å². The molecule has 4 heteroatoms. The van der Waals surface area contributed by atoms with Crippen LogP contribution >= 0.6 is 11.3 Å². The molecule has 0 saturated carbocycles. The Hall–Kier alpha value is -1.68. The second-order valence-electron chi connectivity index (χ2n) is 2.76. The number of pyridine rings is 1. The lowest BCUT2D eigenvalue weighted by Gasteiger charge is -1.93. The summed E-state index contributed by atoms with van der Waals surface area (Å²) in [6.45, 7) is 0. The van der Waals surface area contributed by atoms with E-state index in [-0.39, 0.29) is 5.56 Å². The molecule has 2 aromatic rings. The van der Waals surface area contributed by atoms with Gasteiger partial charge in [-0.05, 0) is 18.2 Å². The number of hydrogen-bond donors (Lipinski definition) is 1. The van der Waals surface area contributed by atoms with Gasteiger partial charge in [-0.25, -0.2) is 0 Å². The van der Waals surface area contributed by atoms with Crippen molar-refractivity contribution in [2.24, 2.45) is 0 Å². The molecule has 1 N–H and O–H groups in total. The van der Waals surface area contributed by atoms with E-state index < -0.39 is 0 Å². The Bertz CT molecular complexity index is 492. The third kappa shape index (κ3) is 1.65. The summed E-state index contributed by atoms with van der Waals surface area (Å²) in [7, 11) is 0. The molecule has 0 unspecified atom stereocenters. The molecule has 0 bridgehead atoms. The second kappa shape index (κ2) is 3.59. The molecule has 2 heterocycles. The van der Waals surface area contributed by atoms with Crippen LogP contribution in [0.15, 0.2) is 35.3 Å². The maximum atomic E-state index is 10.8. The van der Waals surface area contributed by atoms with Gasteiger partial charge in [0, 0.05) is 22.7 Å². The zero-order chi connectivity index (χ0) is 9.97. The quantitative estimate of drug-likeness (QED) is 0.761. The van der Waals surface area contributed by atoms with Crippen molar-refractivity contribution >= 4 is 17.6 Å². The average molecular weight is 205 g/mol. The number of H-pyrrole nitrogens is 1. The fraction of sp³-hybridized carbons (Fsp3) is 0. The van der Waals surface area contributed by atoms with Gasteiger partial charge in [-0.2, -0.15) is 0 Å². The SMILES string of the molecule is O=Cc1ccc(-c2ccc(=O)[nH]c2)s1. The molecule has 0 spiro atoms. The number of aldehydes is 1. The summed E-state index contributed by atoms with van der Waals surface area (Å²) in [5.74, 6) is 0. The van der Waals surface area contributed by atoms with E-state index in [2.05, 4.69) is 4.98 Å². The van der Waals surface area contributed by atoms with Gasteiger partial charge >= 0.3 is 0 Å². The summed E-state index contributed by atoms with van der Waals surface area (Å²) in [4.78, 5) is 25.5. The third-order valence-electron chi connectivity index (χ3n) is 1.81. The van der Waals surface area contributed by atoms with Crippen LogP contribution in [0.2, 0.25) is 0 Å². The predicted molar refractivity (Wildman–Crippen MR) is 55.8 cm³/mol. The van der Waals surface area contributed by atoms with Gasteiger partial charge in [-0.1, -0.05) is 0 Å². The van der Waals surface area contributed by atoms with Crippen LogP contribution in [0, 0.1) is 0 Å². The van der Waals surface area contributed by atoms with Crippen molar-refractivity contribution in [3.8, 4) is 10.4 Å². The molecule has 14 heavy (non-hydrogen) atoms. The molecule has 0 amide bonds. The molecule has 2 aromatic heterocycles. The summed E-state index contributed by atoms with van der Waals surface area (Å²) in [6, 6.07) is 6.83. The van der Waals surface area contributed by atoms with E-state index in [1.807, 2.05) is 6.07 Å². The van der Waals surface area contributed by atoms with Crippen LogP contribution in [-0.4, -0.2) is 11.3 Å². The summed E-state index contributed by atoms with van der Waals surface area (Å²) in [6.07, 6.45) is 2.46. The number of thiophene rings is 1. The normalized spacial score (nSPS) is 10.0. The minimum atomic E-state index is -0.124. The van der Waals surface area contributed by atoms with Crippen LogP contribution < -0.4 is 5.56 Å². The zero-order valence-electron chi connectivity index (χ0n) is 7.19. The van der Waals surface area contributed by atoms with Crippen LogP contribution in [0.4, 0.5) is 0 Å². The molecule has 0 aliphatic carbocycles. The summed E-state index contributed by atoms with van der Waals surface area (Å²) >= 11 is 1.40. The van der Waals surface area contributed by atoms with E-state index in [0.29, 0.717) is 4.88 Å². The molecule has 0 aliphatic heterocycles. The largest absolute Gasteiger partial charge is 0.328 e. The minimum absolute atomic E-state index is 0.124. The highest BCUT2D eigenvalue weighted by atomic mass is 32.1. The van der Waals surface area contributed by atoms with Gasteiger partial charge in [0.2, 0.25) is 5.56 Å². The number of carbonyl (C=O) groups excluding carboxylic acids is 1. The molecule has 3 nitrogen and oxygen atoms in total. The lowest BCUT2D eigenvalue weighted by molar-refractivity contribution is 0.112. The van der Waals surface area contributed by atoms with Crippen molar-refractivity contribution in [3.63, 3.8) is 0 Å². The minimum Gasteiger partial charge on any atom is -0.328 e. The Morgan fingerprint density at radius 3 is 2.64 bits per heavy atom. The van der Waals surface area contributed by atoms with Crippen molar-refractivity contribution in [2.45, 2.75) is 0 Å². The Kier molecular flexibility index (Phi) is 2.28. The maximum Gasteiger partial charge on any atom is 0.247 e. The molecular formula is C10H7NO2S. The number of aromatic amines is 1. The van der Waals surface area contributed by atoms with Crippen molar-refractivity contribution in [2.75, 3.05) is 0 Å². The number of nitrogens with one attached hydrogen (secondary N) is 1. The molecule has 0 aliphatic rings. The first kappa shape index (κ1) is 8.90. The fourth-order valence-electron chi connectivity index (χ4n) is 1.14. The van der Waals surface area contributed by atoms with Gasteiger partial charge in [0.15, 0.2) is 6.29 Å². The molecule has 0 fully saturated rings. The molecule has 0 aromatic carbocycles. The molecule has 70 valence electrons. The van der Waals surface area contributed by atoms with E-state index in [0.717, 1.165) is 16.7 Å². The Balaban J connectivity index is 2.44. The number of hydrogen-bond acceptors (Lipinski definition) is 3. The summed E-state index contributed by atoms with van der Waals surface area (Å²) in [5.41, 5.74) is 0.795. The van der Waals surface area contributed by atoms with Crippen molar-refractivity contribution in [1.29, 1.82) is 0 Å². The highest BCUT2D eigenvalue weighted by Crippen LogP contribution is 2.25. The molecule has 2 rings (SSSR count). The topological polar surface area (TPSA) is 49.9 Å². The van der Waals surface area contributed by atoms with E-state index >= 15 is 0 Å². The third-order valence-corrected chi connectivity index (χ3v) is 2.87. The first-order valence-corrected chi connectivity index (χ1v) is 4.85. The Morgan fingerprint density at radius 2 is 2.07 bits per heavy atom. The van der Waals surface area contributed by atoms with Crippen molar-refractivity contribution in [1.82, 2.24) is 4.98 Å².